The second kappa shape index (κ2) is 4.92. The van der Waals surface area contributed by atoms with Crippen molar-refractivity contribution >= 4 is 0 Å². The zero-order valence-corrected chi connectivity index (χ0v) is 14.0. The Balaban J connectivity index is 1.70. The van der Waals surface area contributed by atoms with E-state index in [1.54, 1.807) is 0 Å². The van der Waals surface area contributed by atoms with Gasteiger partial charge in [0.1, 0.15) is 6.17 Å². The van der Waals surface area contributed by atoms with Crippen LogP contribution in [0, 0.1) is 34.5 Å². The van der Waals surface area contributed by atoms with Crippen molar-refractivity contribution in [3.63, 3.8) is 0 Å². The van der Waals surface area contributed by atoms with Gasteiger partial charge >= 0.3 is 0 Å². The standard InChI is InChI=1S/C19H31FO2/c1-18-7-4-3-5-11(18)9-15(21)16-12(18)6-8-19(2)13(16)10-14(20)17(19)22/h11-17,21-22H,3-10H2,1-2H3/t11?,12-,13+,14?,15?,16-,17?,18+,19+/m1/s1. The molecule has 0 radical (unpaired) electrons. The highest BCUT2D eigenvalue weighted by molar-refractivity contribution is 5.12. The van der Waals surface area contributed by atoms with Gasteiger partial charge in [-0.2, -0.15) is 0 Å². The van der Waals surface area contributed by atoms with E-state index >= 15 is 0 Å². The topological polar surface area (TPSA) is 40.5 Å². The summed E-state index contributed by atoms with van der Waals surface area (Å²) >= 11 is 0. The molecule has 4 aliphatic carbocycles. The lowest BCUT2D eigenvalue weighted by atomic mass is 9.44. The maximum absolute atomic E-state index is 14.2. The Labute approximate surface area is 133 Å². The van der Waals surface area contributed by atoms with Crippen LogP contribution in [-0.4, -0.2) is 28.6 Å². The maximum atomic E-state index is 14.2. The first kappa shape index (κ1) is 15.4. The van der Waals surface area contributed by atoms with Gasteiger partial charge in [0.25, 0.3) is 0 Å². The lowest BCUT2D eigenvalue weighted by Gasteiger charge is -2.61. The zero-order valence-electron chi connectivity index (χ0n) is 14.0. The van der Waals surface area contributed by atoms with Gasteiger partial charge in [-0.15, -0.1) is 0 Å². The Hall–Kier alpha value is -0.150. The summed E-state index contributed by atoms with van der Waals surface area (Å²) in [4.78, 5) is 0. The van der Waals surface area contributed by atoms with E-state index in [0.717, 1.165) is 19.3 Å². The molecule has 4 saturated carbocycles. The molecule has 3 heteroatoms. The molecule has 2 N–H and O–H groups in total. The summed E-state index contributed by atoms with van der Waals surface area (Å²) in [6, 6.07) is 0. The number of aliphatic hydroxyl groups excluding tert-OH is 2. The minimum Gasteiger partial charge on any atom is -0.393 e. The third-order valence-electron chi connectivity index (χ3n) is 8.54. The minimum absolute atomic E-state index is 0.158. The number of hydrogen-bond donors (Lipinski definition) is 2. The van der Waals surface area contributed by atoms with Crippen LogP contribution in [0.3, 0.4) is 0 Å². The molecule has 22 heavy (non-hydrogen) atoms. The summed E-state index contributed by atoms with van der Waals surface area (Å²) in [6.45, 7) is 4.52. The smallest absolute Gasteiger partial charge is 0.127 e. The first-order chi connectivity index (χ1) is 10.4. The number of aliphatic hydroxyl groups is 2. The normalized spacial score (nSPS) is 61.2. The van der Waals surface area contributed by atoms with Crippen LogP contribution in [0.5, 0.6) is 0 Å². The van der Waals surface area contributed by atoms with Gasteiger partial charge in [-0.25, -0.2) is 4.39 Å². The first-order valence-corrected chi connectivity index (χ1v) is 9.38. The first-order valence-electron chi connectivity index (χ1n) is 9.38. The summed E-state index contributed by atoms with van der Waals surface area (Å²) in [6.07, 6.45) is 6.27. The monoisotopic (exact) mass is 310 g/mol. The number of rotatable bonds is 0. The van der Waals surface area contributed by atoms with Gasteiger partial charge < -0.3 is 10.2 Å². The second-order valence-corrected chi connectivity index (χ2v) is 9.28. The fraction of sp³-hybridized carbons (Fsp3) is 1.00. The van der Waals surface area contributed by atoms with Crippen LogP contribution >= 0.6 is 0 Å². The highest BCUT2D eigenvalue weighted by Gasteiger charge is 2.64. The molecule has 0 aliphatic heterocycles. The molecule has 0 bridgehead atoms. The number of halogens is 1. The van der Waals surface area contributed by atoms with Gasteiger partial charge in [0, 0.05) is 0 Å². The van der Waals surface area contributed by atoms with Gasteiger partial charge in [0.2, 0.25) is 0 Å². The molecule has 4 aliphatic rings. The van der Waals surface area contributed by atoms with E-state index < -0.39 is 12.3 Å². The van der Waals surface area contributed by atoms with Gasteiger partial charge in [-0.3, -0.25) is 0 Å². The van der Waals surface area contributed by atoms with E-state index in [4.69, 9.17) is 0 Å². The lowest BCUT2D eigenvalue weighted by Crippen LogP contribution is -2.58. The van der Waals surface area contributed by atoms with E-state index in [1.807, 2.05) is 0 Å². The highest BCUT2D eigenvalue weighted by Crippen LogP contribution is 2.66. The fourth-order valence-electron chi connectivity index (χ4n) is 7.20. The van der Waals surface area contributed by atoms with E-state index in [9.17, 15) is 14.6 Å². The molecule has 0 aromatic heterocycles. The Bertz CT molecular complexity index is 455. The Morgan fingerprint density at radius 3 is 2.45 bits per heavy atom. The van der Waals surface area contributed by atoms with Crippen LogP contribution in [-0.2, 0) is 0 Å². The molecule has 0 heterocycles. The molecule has 126 valence electrons. The molecule has 4 fully saturated rings. The van der Waals surface area contributed by atoms with Gasteiger partial charge in [-0.05, 0) is 73.0 Å². The highest BCUT2D eigenvalue weighted by atomic mass is 19.1. The third-order valence-corrected chi connectivity index (χ3v) is 8.54. The summed E-state index contributed by atoms with van der Waals surface area (Å²) < 4.78 is 14.2. The van der Waals surface area contributed by atoms with Crippen molar-refractivity contribution in [3.05, 3.63) is 0 Å². The van der Waals surface area contributed by atoms with Gasteiger partial charge in [0.05, 0.1) is 12.2 Å². The van der Waals surface area contributed by atoms with E-state index in [2.05, 4.69) is 13.8 Å². The average Bonchev–Trinajstić information content (AvgIpc) is 2.71. The summed E-state index contributed by atoms with van der Waals surface area (Å²) in [7, 11) is 0. The van der Waals surface area contributed by atoms with Crippen molar-refractivity contribution in [3.8, 4) is 0 Å². The number of fused-ring (bicyclic) bond motifs is 5. The molecule has 0 amide bonds. The molecular formula is C19H31FO2. The summed E-state index contributed by atoms with van der Waals surface area (Å²) in [5.41, 5.74) is 0.0161. The van der Waals surface area contributed by atoms with E-state index in [0.29, 0.717) is 23.7 Å². The van der Waals surface area contributed by atoms with Crippen LogP contribution in [0.2, 0.25) is 0 Å². The second-order valence-electron chi connectivity index (χ2n) is 9.28. The number of hydrogen-bond acceptors (Lipinski definition) is 2. The van der Waals surface area contributed by atoms with Crippen molar-refractivity contribution in [1.29, 1.82) is 0 Å². The SMILES string of the molecule is C[C@]12CCCCC1CC(O)[C@@H]1[C@H]2CC[C@]2(C)C(O)C(F)C[C@@H]12. The van der Waals surface area contributed by atoms with Gasteiger partial charge in [0.15, 0.2) is 0 Å². The van der Waals surface area contributed by atoms with E-state index in [-0.39, 0.29) is 23.4 Å². The Morgan fingerprint density at radius 2 is 1.68 bits per heavy atom. The molecule has 9 atom stereocenters. The quantitative estimate of drug-likeness (QED) is 0.716. The lowest BCUT2D eigenvalue weighted by molar-refractivity contribution is -0.168. The third kappa shape index (κ3) is 1.84. The van der Waals surface area contributed by atoms with Crippen molar-refractivity contribution in [2.75, 3.05) is 0 Å². The zero-order chi connectivity index (χ0) is 15.7. The van der Waals surface area contributed by atoms with Crippen LogP contribution in [0.25, 0.3) is 0 Å². The minimum atomic E-state index is -1.10. The molecular weight excluding hydrogens is 279 g/mol. The van der Waals surface area contributed by atoms with Gasteiger partial charge in [-0.1, -0.05) is 26.7 Å². The maximum Gasteiger partial charge on any atom is 0.127 e. The van der Waals surface area contributed by atoms with Crippen molar-refractivity contribution < 1.29 is 14.6 Å². The molecule has 0 aromatic rings. The van der Waals surface area contributed by atoms with Crippen molar-refractivity contribution in [2.45, 2.75) is 83.6 Å². The van der Waals surface area contributed by atoms with Crippen LogP contribution in [0.15, 0.2) is 0 Å². The van der Waals surface area contributed by atoms with Crippen molar-refractivity contribution in [2.24, 2.45) is 34.5 Å². The molecule has 0 saturated heterocycles. The Morgan fingerprint density at radius 1 is 0.909 bits per heavy atom. The Kier molecular flexibility index (Phi) is 3.44. The van der Waals surface area contributed by atoms with E-state index in [1.165, 1.54) is 25.7 Å². The van der Waals surface area contributed by atoms with Crippen LogP contribution < -0.4 is 0 Å². The predicted octanol–water partition coefficient (Wildman–Crippen LogP) is 3.70. The number of alkyl halides is 1. The molecule has 4 rings (SSSR count). The average molecular weight is 310 g/mol. The predicted molar refractivity (Wildman–Crippen MR) is 84.0 cm³/mol. The van der Waals surface area contributed by atoms with Crippen molar-refractivity contribution in [1.82, 2.24) is 0 Å². The summed E-state index contributed by atoms with van der Waals surface area (Å²) in [5, 5.41) is 21.3. The molecule has 2 nitrogen and oxygen atoms in total. The fourth-order valence-corrected chi connectivity index (χ4v) is 7.20. The molecule has 0 spiro atoms. The van der Waals surface area contributed by atoms with Crippen LogP contribution in [0.1, 0.15) is 65.2 Å². The van der Waals surface area contributed by atoms with Crippen LogP contribution in [0.4, 0.5) is 4.39 Å². The molecule has 0 aromatic carbocycles. The summed E-state index contributed by atoms with van der Waals surface area (Å²) in [5.74, 6) is 1.53. The largest absolute Gasteiger partial charge is 0.393 e. The molecule has 4 unspecified atom stereocenters.